The van der Waals surface area contributed by atoms with E-state index in [1.807, 2.05) is 0 Å². The Hall–Kier alpha value is -1.06. The van der Waals surface area contributed by atoms with Crippen LogP contribution in [0.1, 0.15) is 13.3 Å². The van der Waals surface area contributed by atoms with E-state index in [0.29, 0.717) is 6.54 Å². The second-order valence-electron chi connectivity index (χ2n) is 1.73. The molecule has 1 heterocycles. The molecule has 0 bridgehead atoms. The molecule has 0 atom stereocenters. The molecule has 0 N–H and O–H groups in total. The molecule has 0 radical (unpaired) electrons. The first kappa shape index (κ1) is 6.07. The second kappa shape index (κ2) is 2.05. The first-order valence-electron chi connectivity index (χ1n) is 2.75. The van der Waals surface area contributed by atoms with Crippen molar-refractivity contribution in [3.8, 4) is 0 Å². The molecule has 0 unspecified atom stereocenters. The molecule has 1 saturated heterocycles. The van der Waals surface area contributed by atoms with Crippen molar-refractivity contribution >= 4 is 11.9 Å². The molecule has 1 rings (SSSR count). The van der Waals surface area contributed by atoms with E-state index >= 15 is 0 Å². The van der Waals surface area contributed by atoms with Crippen LogP contribution in [0.25, 0.3) is 0 Å². The number of rotatable bonds is 1. The van der Waals surface area contributed by atoms with E-state index in [-0.39, 0.29) is 12.3 Å². The zero-order chi connectivity index (χ0) is 6.85. The summed E-state index contributed by atoms with van der Waals surface area (Å²) >= 11 is 0. The van der Waals surface area contributed by atoms with Crippen LogP contribution in [0.15, 0.2) is 0 Å². The van der Waals surface area contributed by atoms with Crippen molar-refractivity contribution in [2.24, 2.45) is 0 Å². The maximum absolute atomic E-state index is 10.6. The van der Waals surface area contributed by atoms with Crippen molar-refractivity contribution in [2.45, 2.75) is 13.3 Å². The Bertz CT molecular complexity index is 154. The highest BCUT2D eigenvalue weighted by Crippen LogP contribution is 2.06. The number of amides is 1. The monoisotopic (exact) mass is 129 g/mol. The first-order valence-corrected chi connectivity index (χ1v) is 2.75. The van der Waals surface area contributed by atoms with Gasteiger partial charge >= 0.3 is 5.97 Å². The average molecular weight is 129 g/mol. The highest BCUT2D eigenvalue weighted by molar-refractivity contribution is 5.98. The average Bonchev–Trinajstić information content (AvgIpc) is 2.10. The molecule has 0 aliphatic carbocycles. The molecule has 50 valence electrons. The van der Waals surface area contributed by atoms with E-state index in [1.165, 1.54) is 0 Å². The zero-order valence-corrected chi connectivity index (χ0v) is 5.09. The van der Waals surface area contributed by atoms with E-state index in [0.717, 1.165) is 5.06 Å². The summed E-state index contributed by atoms with van der Waals surface area (Å²) in [6.45, 7) is 2.18. The number of carbonyl (C=O) groups excluding carboxylic acids is 2. The fourth-order valence-corrected chi connectivity index (χ4v) is 0.659. The van der Waals surface area contributed by atoms with Crippen molar-refractivity contribution in [1.29, 1.82) is 0 Å². The Morgan fingerprint density at radius 1 is 1.67 bits per heavy atom. The van der Waals surface area contributed by atoms with Crippen LogP contribution in [0, 0.1) is 0 Å². The molecule has 4 nitrogen and oxygen atoms in total. The quantitative estimate of drug-likeness (QED) is 0.456. The minimum absolute atomic E-state index is 0.103. The van der Waals surface area contributed by atoms with E-state index in [9.17, 15) is 9.59 Å². The molecule has 0 spiro atoms. The number of hydrogen-bond donors (Lipinski definition) is 0. The third kappa shape index (κ3) is 1.01. The van der Waals surface area contributed by atoms with Crippen molar-refractivity contribution < 1.29 is 14.4 Å². The van der Waals surface area contributed by atoms with Crippen LogP contribution in [0.4, 0.5) is 0 Å². The summed E-state index contributed by atoms with van der Waals surface area (Å²) < 4.78 is 0. The van der Waals surface area contributed by atoms with Gasteiger partial charge in [-0.05, 0) is 6.92 Å². The van der Waals surface area contributed by atoms with Gasteiger partial charge in [0.15, 0.2) is 0 Å². The Labute approximate surface area is 52.3 Å². The van der Waals surface area contributed by atoms with Crippen LogP contribution in [-0.4, -0.2) is 23.5 Å². The van der Waals surface area contributed by atoms with Crippen molar-refractivity contribution in [3.05, 3.63) is 0 Å². The third-order valence-corrected chi connectivity index (χ3v) is 1.07. The van der Waals surface area contributed by atoms with Crippen LogP contribution in [0.5, 0.6) is 0 Å². The summed E-state index contributed by atoms with van der Waals surface area (Å²) in [6, 6.07) is 0. The zero-order valence-electron chi connectivity index (χ0n) is 5.09. The molecule has 1 aliphatic heterocycles. The minimum Gasteiger partial charge on any atom is -0.338 e. The van der Waals surface area contributed by atoms with Gasteiger partial charge in [-0.1, -0.05) is 0 Å². The van der Waals surface area contributed by atoms with Gasteiger partial charge < -0.3 is 4.84 Å². The maximum atomic E-state index is 10.6. The SMILES string of the molecule is CCN1OC(=O)CC1=O. The summed E-state index contributed by atoms with van der Waals surface area (Å²) in [5.41, 5.74) is 0. The van der Waals surface area contributed by atoms with Gasteiger partial charge in [-0.25, -0.2) is 4.79 Å². The predicted octanol–water partition coefficient (Wildman–Crippen LogP) is -0.303. The van der Waals surface area contributed by atoms with Crippen LogP contribution in [-0.2, 0) is 14.4 Å². The second-order valence-corrected chi connectivity index (χ2v) is 1.73. The number of hydroxylamine groups is 2. The lowest BCUT2D eigenvalue weighted by molar-refractivity contribution is -0.177. The molecule has 9 heavy (non-hydrogen) atoms. The minimum atomic E-state index is -0.457. The third-order valence-electron chi connectivity index (χ3n) is 1.07. The number of nitrogens with zero attached hydrogens (tertiary/aromatic N) is 1. The molecule has 0 aromatic heterocycles. The number of carbonyl (C=O) groups is 2. The molecular formula is C5H7NO3. The van der Waals surface area contributed by atoms with E-state index in [1.54, 1.807) is 6.92 Å². The highest BCUT2D eigenvalue weighted by Gasteiger charge is 2.27. The first-order chi connectivity index (χ1) is 4.24. The van der Waals surface area contributed by atoms with Crippen molar-refractivity contribution in [3.63, 3.8) is 0 Å². The van der Waals surface area contributed by atoms with Gasteiger partial charge in [-0.2, -0.15) is 5.06 Å². The molecule has 1 fully saturated rings. The van der Waals surface area contributed by atoms with E-state index in [4.69, 9.17) is 0 Å². The predicted molar refractivity (Wildman–Crippen MR) is 28.1 cm³/mol. The summed E-state index contributed by atoms with van der Waals surface area (Å²) in [4.78, 5) is 25.4. The Balaban J connectivity index is 2.58. The largest absolute Gasteiger partial charge is 0.341 e. The molecule has 1 amide bonds. The van der Waals surface area contributed by atoms with Crippen LogP contribution in [0.2, 0.25) is 0 Å². The molecule has 1 aliphatic rings. The van der Waals surface area contributed by atoms with Crippen LogP contribution >= 0.6 is 0 Å². The highest BCUT2D eigenvalue weighted by atomic mass is 16.7. The van der Waals surface area contributed by atoms with Crippen LogP contribution < -0.4 is 0 Å². The van der Waals surface area contributed by atoms with Gasteiger partial charge in [0.05, 0.1) is 6.54 Å². The molecule has 0 saturated carbocycles. The molecular weight excluding hydrogens is 122 g/mol. The van der Waals surface area contributed by atoms with E-state index in [2.05, 4.69) is 4.84 Å². The van der Waals surface area contributed by atoms with Crippen LogP contribution in [0.3, 0.4) is 0 Å². The summed E-state index contributed by atoms with van der Waals surface area (Å²) in [7, 11) is 0. The van der Waals surface area contributed by atoms with E-state index < -0.39 is 5.97 Å². The normalized spacial score (nSPS) is 18.6. The Kier molecular flexibility index (Phi) is 1.38. The smallest absolute Gasteiger partial charge is 0.338 e. The van der Waals surface area contributed by atoms with Gasteiger partial charge in [0, 0.05) is 0 Å². The molecule has 0 aromatic rings. The van der Waals surface area contributed by atoms with Gasteiger partial charge in [0.2, 0.25) is 0 Å². The summed E-state index contributed by atoms with van der Waals surface area (Å²) in [5.74, 6) is -0.704. The fraction of sp³-hybridized carbons (Fsp3) is 0.600. The van der Waals surface area contributed by atoms with Gasteiger partial charge in [0.25, 0.3) is 5.91 Å². The van der Waals surface area contributed by atoms with Gasteiger partial charge in [0.1, 0.15) is 6.42 Å². The van der Waals surface area contributed by atoms with Gasteiger partial charge in [-0.3, -0.25) is 4.79 Å². The number of hydrogen-bond acceptors (Lipinski definition) is 3. The lowest BCUT2D eigenvalue weighted by atomic mass is 10.4. The Morgan fingerprint density at radius 3 is 2.56 bits per heavy atom. The maximum Gasteiger partial charge on any atom is 0.341 e. The topological polar surface area (TPSA) is 46.6 Å². The lowest BCUT2D eigenvalue weighted by Gasteiger charge is -2.07. The molecule has 0 aromatic carbocycles. The van der Waals surface area contributed by atoms with Gasteiger partial charge in [-0.15, -0.1) is 0 Å². The fourth-order valence-electron chi connectivity index (χ4n) is 0.659. The Morgan fingerprint density at radius 2 is 2.33 bits per heavy atom. The summed E-state index contributed by atoms with van der Waals surface area (Å²) in [5, 5.41) is 1.06. The van der Waals surface area contributed by atoms with Crippen molar-refractivity contribution in [1.82, 2.24) is 5.06 Å². The lowest BCUT2D eigenvalue weighted by Crippen LogP contribution is -2.22. The standard InChI is InChI=1S/C5H7NO3/c1-2-6-4(7)3-5(8)9-6/h2-3H2,1H3. The summed E-state index contributed by atoms with van der Waals surface area (Å²) in [6.07, 6.45) is -0.103. The molecule has 4 heteroatoms. The van der Waals surface area contributed by atoms with Crippen molar-refractivity contribution in [2.75, 3.05) is 6.54 Å².